The smallest absolute Gasteiger partial charge is 0.425 e. The maximum Gasteiger partial charge on any atom is 0.425 e. The topological polar surface area (TPSA) is 61.5 Å². The van der Waals surface area contributed by atoms with E-state index in [0.717, 1.165) is 36.4 Å². The second kappa shape index (κ2) is 7.66. The summed E-state index contributed by atoms with van der Waals surface area (Å²) in [6.45, 7) is 0.622. The van der Waals surface area contributed by atoms with E-state index in [-0.39, 0.29) is 29.3 Å². The first-order valence-electron chi connectivity index (χ1n) is 9.31. The van der Waals surface area contributed by atoms with Crippen LogP contribution in [-0.4, -0.2) is 38.5 Å². The quantitative estimate of drug-likeness (QED) is 0.491. The van der Waals surface area contributed by atoms with Crippen molar-refractivity contribution in [1.82, 2.24) is 19.6 Å². The van der Waals surface area contributed by atoms with Gasteiger partial charge in [0.15, 0.2) is 17.6 Å². The fourth-order valence-corrected chi connectivity index (χ4v) is 2.74. The summed E-state index contributed by atoms with van der Waals surface area (Å²) in [6, 6.07) is 3.75. The van der Waals surface area contributed by atoms with E-state index in [9.17, 15) is 26.3 Å². The van der Waals surface area contributed by atoms with Crippen molar-refractivity contribution in [3.63, 3.8) is 0 Å². The van der Waals surface area contributed by atoms with Crippen LogP contribution in [0.25, 0.3) is 16.8 Å². The number of hydrogen-bond donors (Lipinski definition) is 0. The summed E-state index contributed by atoms with van der Waals surface area (Å²) in [5.74, 6) is -2.58. The number of ether oxygens (including phenoxy) is 2. The minimum absolute atomic E-state index is 0.103. The summed E-state index contributed by atoms with van der Waals surface area (Å²) in [4.78, 5) is 3.59. The lowest BCUT2D eigenvalue weighted by molar-refractivity contribution is -0.256. The predicted octanol–water partition coefficient (Wildman–Crippen LogP) is 4.74. The van der Waals surface area contributed by atoms with E-state index in [0.29, 0.717) is 0 Å². The van der Waals surface area contributed by atoms with Gasteiger partial charge in [0.25, 0.3) is 5.88 Å². The first-order valence-corrected chi connectivity index (χ1v) is 9.31. The average molecular weight is 446 g/mol. The second-order valence-corrected chi connectivity index (χ2v) is 7.25. The van der Waals surface area contributed by atoms with Gasteiger partial charge in [0, 0.05) is 23.5 Å². The molecule has 3 heterocycles. The van der Waals surface area contributed by atoms with Crippen LogP contribution in [0.3, 0.4) is 0 Å². The molecule has 0 spiro atoms. The van der Waals surface area contributed by atoms with Gasteiger partial charge in [-0.1, -0.05) is 0 Å². The highest BCUT2D eigenvalue weighted by molar-refractivity contribution is 5.64. The molecule has 1 aliphatic rings. The van der Waals surface area contributed by atoms with Gasteiger partial charge >= 0.3 is 12.3 Å². The van der Waals surface area contributed by atoms with Crippen LogP contribution in [0.5, 0.6) is 5.88 Å². The Bertz CT molecular complexity index is 1100. The summed E-state index contributed by atoms with van der Waals surface area (Å²) in [5.41, 5.74) is 0.502. The molecule has 0 amide bonds. The SMILES string of the molecule is CC(Oc1ncc(-c2ccc3nnc(C(F)(F)OCC4CC4)n3c2)cc1F)C(F)(F)F. The summed E-state index contributed by atoms with van der Waals surface area (Å²) in [7, 11) is 0. The molecule has 0 bridgehead atoms. The van der Waals surface area contributed by atoms with Crippen molar-refractivity contribution < 1.29 is 35.8 Å². The van der Waals surface area contributed by atoms with Gasteiger partial charge in [-0.25, -0.2) is 9.37 Å². The number of fused-ring (bicyclic) bond motifs is 1. The summed E-state index contributed by atoms with van der Waals surface area (Å²) in [5, 5.41) is 7.20. The van der Waals surface area contributed by atoms with Crippen molar-refractivity contribution >= 4 is 5.65 Å². The number of hydrogen-bond acceptors (Lipinski definition) is 5. The van der Waals surface area contributed by atoms with Gasteiger partial charge in [-0.3, -0.25) is 4.40 Å². The maximum atomic E-state index is 14.5. The molecule has 4 rings (SSSR count). The third-order valence-corrected chi connectivity index (χ3v) is 4.75. The monoisotopic (exact) mass is 446 g/mol. The van der Waals surface area contributed by atoms with E-state index in [1.54, 1.807) is 0 Å². The van der Waals surface area contributed by atoms with Crippen molar-refractivity contribution in [3.05, 3.63) is 42.2 Å². The first kappa shape index (κ1) is 21.3. The van der Waals surface area contributed by atoms with E-state index in [1.165, 1.54) is 18.3 Å². The van der Waals surface area contributed by atoms with Crippen molar-refractivity contribution in [2.45, 2.75) is 38.2 Å². The third kappa shape index (κ3) is 4.58. The molecule has 0 N–H and O–H groups in total. The Morgan fingerprint density at radius 2 is 1.87 bits per heavy atom. The Kier molecular flexibility index (Phi) is 5.28. The minimum atomic E-state index is -4.69. The number of pyridine rings is 2. The van der Waals surface area contributed by atoms with Crippen LogP contribution in [0.4, 0.5) is 26.3 Å². The second-order valence-electron chi connectivity index (χ2n) is 7.25. The van der Waals surface area contributed by atoms with Gasteiger partial charge in [0.05, 0.1) is 6.61 Å². The van der Waals surface area contributed by atoms with Crippen LogP contribution < -0.4 is 4.74 Å². The van der Waals surface area contributed by atoms with Crippen molar-refractivity contribution in [1.29, 1.82) is 0 Å². The lowest BCUT2D eigenvalue weighted by Gasteiger charge is -2.17. The van der Waals surface area contributed by atoms with Crippen LogP contribution in [0.2, 0.25) is 0 Å². The van der Waals surface area contributed by atoms with Gasteiger partial charge in [-0.2, -0.15) is 22.0 Å². The molecule has 3 aromatic heterocycles. The van der Waals surface area contributed by atoms with E-state index in [4.69, 9.17) is 4.74 Å². The Labute approximate surface area is 171 Å². The Morgan fingerprint density at radius 1 is 1.13 bits per heavy atom. The molecule has 0 aromatic carbocycles. The molecule has 12 heteroatoms. The fourth-order valence-electron chi connectivity index (χ4n) is 2.74. The largest absolute Gasteiger partial charge is 0.463 e. The molecule has 1 atom stereocenters. The lowest BCUT2D eigenvalue weighted by Crippen LogP contribution is -2.31. The van der Waals surface area contributed by atoms with Gasteiger partial charge in [-0.05, 0) is 43.9 Å². The summed E-state index contributed by atoms with van der Waals surface area (Å²) in [6.07, 6.45) is -6.63. The van der Waals surface area contributed by atoms with E-state index in [1.807, 2.05) is 0 Å². The fraction of sp³-hybridized carbons (Fsp3) is 0.421. The van der Waals surface area contributed by atoms with Crippen molar-refractivity contribution in [3.8, 4) is 17.0 Å². The van der Waals surface area contributed by atoms with Crippen LogP contribution in [0, 0.1) is 11.7 Å². The average Bonchev–Trinajstić information content (AvgIpc) is 3.43. The third-order valence-electron chi connectivity index (χ3n) is 4.75. The summed E-state index contributed by atoms with van der Waals surface area (Å²) >= 11 is 0. The zero-order chi connectivity index (χ0) is 22.4. The summed E-state index contributed by atoms with van der Waals surface area (Å²) < 4.78 is 91.2. The van der Waals surface area contributed by atoms with E-state index in [2.05, 4.69) is 19.9 Å². The van der Waals surface area contributed by atoms with Gasteiger partial charge in [-0.15, -0.1) is 10.2 Å². The Balaban J connectivity index is 1.61. The molecular formula is C19H16F6N4O2. The number of aromatic nitrogens is 4. The Morgan fingerprint density at radius 3 is 2.52 bits per heavy atom. The highest BCUT2D eigenvalue weighted by Crippen LogP contribution is 2.35. The number of alkyl halides is 5. The predicted molar refractivity (Wildman–Crippen MR) is 94.9 cm³/mol. The molecule has 166 valence electrons. The highest BCUT2D eigenvalue weighted by atomic mass is 19.4. The molecule has 0 saturated heterocycles. The standard InChI is InChI=1S/C19H16F6N4O2/c1-10(18(21,22)23)31-16-14(20)6-13(7-26-16)12-4-5-15-27-28-17(29(15)8-12)19(24,25)30-9-11-2-3-11/h4-8,10-11H,2-3,9H2,1H3. The normalized spacial score (nSPS) is 16.0. The molecule has 1 unspecified atom stereocenters. The maximum absolute atomic E-state index is 14.5. The van der Waals surface area contributed by atoms with Crippen molar-refractivity contribution in [2.24, 2.45) is 5.92 Å². The molecular weight excluding hydrogens is 430 g/mol. The zero-order valence-corrected chi connectivity index (χ0v) is 16.0. The highest BCUT2D eigenvalue weighted by Gasteiger charge is 2.41. The number of rotatable bonds is 7. The molecule has 0 aliphatic heterocycles. The van der Waals surface area contributed by atoms with E-state index >= 15 is 0 Å². The number of halogens is 6. The molecule has 31 heavy (non-hydrogen) atoms. The molecule has 6 nitrogen and oxygen atoms in total. The molecule has 1 fully saturated rings. The van der Waals surface area contributed by atoms with Gasteiger partial charge in [0.2, 0.25) is 5.82 Å². The van der Waals surface area contributed by atoms with Gasteiger partial charge in [0.1, 0.15) is 0 Å². The number of nitrogens with zero attached hydrogens (tertiary/aromatic N) is 4. The Hall–Kier alpha value is -2.89. The molecule has 0 radical (unpaired) electrons. The molecule has 1 saturated carbocycles. The van der Waals surface area contributed by atoms with Crippen molar-refractivity contribution in [2.75, 3.05) is 6.61 Å². The van der Waals surface area contributed by atoms with Crippen LogP contribution >= 0.6 is 0 Å². The van der Waals surface area contributed by atoms with Crippen LogP contribution in [0.1, 0.15) is 25.6 Å². The zero-order valence-electron chi connectivity index (χ0n) is 16.0. The lowest BCUT2D eigenvalue weighted by atomic mass is 10.1. The molecule has 3 aromatic rings. The van der Waals surface area contributed by atoms with Crippen LogP contribution in [-0.2, 0) is 10.8 Å². The van der Waals surface area contributed by atoms with Crippen LogP contribution in [0.15, 0.2) is 30.6 Å². The molecule has 1 aliphatic carbocycles. The first-order chi connectivity index (χ1) is 14.5. The van der Waals surface area contributed by atoms with Gasteiger partial charge < -0.3 is 9.47 Å². The minimum Gasteiger partial charge on any atom is -0.463 e. The van der Waals surface area contributed by atoms with E-state index < -0.39 is 35.9 Å².